The van der Waals surface area contributed by atoms with Crippen molar-refractivity contribution in [3.05, 3.63) is 34.9 Å². The molecule has 0 aliphatic carbocycles. The quantitative estimate of drug-likeness (QED) is 0.826. The SMILES string of the molecule is Cc1cccc(CNCC2(CCO)CCOC2)c1C. The lowest BCUT2D eigenvalue weighted by Gasteiger charge is -2.27. The van der Waals surface area contributed by atoms with E-state index in [0.29, 0.717) is 0 Å². The van der Waals surface area contributed by atoms with Crippen molar-refractivity contribution in [1.82, 2.24) is 5.32 Å². The summed E-state index contributed by atoms with van der Waals surface area (Å²) in [6.07, 6.45) is 1.88. The minimum absolute atomic E-state index is 0.131. The van der Waals surface area contributed by atoms with Crippen LogP contribution in [-0.2, 0) is 11.3 Å². The lowest BCUT2D eigenvalue weighted by molar-refractivity contribution is 0.124. The first-order valence-electron chi connectivity index (χ1n) is 7.11. The van der Waals surface area contributed by atoms with Gasteiger partial charge in [-0.1, -0.05) is 18.2 Å². The van der Waals surface area contributed by atoms with Crippen LogP contribution in [-0.4, -0.2) is 31.5 Å². The van der Waals surface area contributed by atoms with Crippen molar-refractivity contribution < 1.29 is 9.84 Å². The molecule has 106 valence electrons. The number of aryl methyl sites for hydroxylation is 1. The van der Waals surface area contributed by atoms with E-state index in [4.69, 9.17) is 4.74 Å². The number of hydrogen-bond donors (Lipinski definition) is 2. The molecule has 1 fully saturated rings. The summed E-state index contributed by atoms with van der Waals surface area (Å²) in [5.74, 6) is 0. The lowest BCUT2D eigenvalue weighted by Crippen LogP contribution is -2.35. The topological polar surface area (TPSA) is 41.5 Å². The summed E-state index contributed by atoms with van der Waals surface area (Å²) in [6.45, 7) is 7.97. The molecule has 1 aliphatic rings. The van der Waals surface area contributed by atoms with Gasteiger partial charge in [0.1, 0.15) is 0 Å². The van der Waals surface area contributed by atoms with Gasteiger partial charge in [0.2, 0.25) is 0 Å². The van der Waals surface area contributed by atoms with Gasteiger partial charge in [-0.25, -0.2) is 0 Å². The highest BCUT2D eigenvalue weighted by atomic mass is 16.5. The molecule has 0 saturated carbocycles. The third-order valence-corrected chi connectivity index (χ3v) is 4.36. The molecule has 1 aliphatic heterocycles. The zero-order chi connectivity index (χ0) is 13.7. The predicted molar refractivity (Wildman–Crippen MR) is 77.2 cm³/mol. The summed E-state index contributed by atoms with van der Waals surface area (Å²) >= 11 is 0. The largest absolute Gasteiger partial charge is 0.396 e. The molecule has 1 aromatic carbocycles. The van der Waals surface area contributed by atoms with E-state index in [9.17, 15) is 5.11 Å². The lowest BCUT2D eigenvalue weighted by atomic mass is 9.84. The Morgan fingerprint density at radius 1 is 1.37 bits per heavy atom. The van der Waals surface area contributed by atoms with Gasteiger partial charge in [0.25, 0.3) is 0 Å². The summed E-state index contributed by atoms with van der Waals surface area (Å²) in [4.78, 5) is 0. The molecular formula is C16H25NO2. The Kier molecular flexibility index (Phi) is 4.97. The maximum absolute atomic E-state index is 9.21. The molecule has 0 bridgehead atoms. The third kappa shape index (κ3) is 3.56. The molecule has 2 rings (SSSR count). The van der Waals surface area contributed by atoms with Crippen molar-refractivity contribution >= 4 is 0 Å². The number of hydrogen-bond acceptors (Lipinski definition) is 3. The van der Waals surface area contributed by atoms with E-state index in [-0.39, 0.29) is 12.0 Å². The average molecular weight is 263 g/mol. The second kappa shape index (κ2) is 6.51. The molecule has 1 aromatic rings. The standard InChI is InChI=1S/C16H25NO2/c1-13-4-3-5-15(14(13)2)10-17-11-16(6-8-18)7-9-19-12-16/h3-5,17-18H,6-12H2,1-2H3. The Labute approximate surface area is 116 Å². The third-order valence-electron chi connectivity index (χ3n) is 4.36. The molecule has 0 radical (unpaired) electrons. The highest BCUT2D eigenvalue weighted by molar-refractivity contribution is 5.32. The first-order chi connectivity index (χ1) is 9.17. The van der Waals surface area contributed by atoms with Crippen LogP contribution in [0.4, 0.5) is 0 Å². The van der Waals surface area contributed by atoms with Crippen LogP contribution in [0.3, 0.4) is 0 Å². The van der Waals surface area contributed by atoms with Gasteiger partial charge in [-0.05, 0) is 43.4 Å². The van der Waals surface area contributed by atoms with Gasteiger partial charge < -0.3 is 15.2 Å². The fraction of sp³-hybridized carbons (Fsp3) is 0.625. The van der Waals surface area contributed by atoms with Crippen molar-refractivity contribution in [1.29, 1.82) is 0 Å². The molecule has 1 atom stereocenters. The average Bonchev–Trinajstić information content (AvgIpc) is 2.84. The van der Waals surface area contributed by atoms with E-state index in [0.717, 1.165) is 39.1 Å². The molecule has 3 nitrogen and oxygen atoms in total. The van der Waals surface area contributed by atoms with Crippen LogP contribution in [0.1, 0.15) is 29.5 Å². The van der Waals surface area contributed by atoms with Gasteiger partial charge in [0, 0.05) is 31.7 Å². The minimum atomic E-state index is 0.131. The molecule has 19 heavy (non-hydrogen) atoms. The molecular weight excluding hydrogens is 238 g/mol. The maximum atomic E-state index is 9.21. The first-order valence-corrected chi connectivity index (χ1v) is 7.11. The summed E-state index contributed by atoms with van der Waals surface area (Å²) in [5, 5.41) is 12.8. The van der Waals surface area contributed by atoms with E-state index < -0.39 is 0 Å². The van der Waals surface area contributed by atoms with Crippen LogP contribution in [0.25, 0.3) is 0 Å². The van der Waals surface area contributed by atoms with Crippen molar-refractivity contribution in [3.8, 4) is 0 Å². The van der Waals surface area contributed by atoms with E-state index in [1.165, 1.54) is 16.7 Å². The Balaban J connectivity index is 1.90. The van der Waals surface area contributed by atoms with Crippen LogP contribution in [0.2, 0.25) is 0 Å². The van der Waals surface area contributed by atoms with E-state index in [1.54, 1.807) is 0 Å². The van der Waals surface area contributed by atoms with Crippen molar-refractivity contribution in [3.63, 3.8) is 0 Å². The van der Waals surface area contributed by atoms with Gasteiger partial charge in [-0.15, -0.1) is 0 Å². The predicted octanol–water partition coefficient (Wildman–Crippen LogP) is 2.18. The summed E-state index contributed by atoms with van der Waals surface area (Å²) in [5.41, 5.74) is 4.20. The van der Waals surface area contributed by atoms with E-state index in [2.05, 4.69) is 37.4 Å². The number of ether oxygens (including phenoxy) is 1. The number of aliphatic hydroxyl groups is 1. The first kappa shape index (κ1) is 14.5. The van der Waals surface area contributed by atoms with Gasteiger partial charge in [0.15, 0.2) is 0 Å². The van der Waals surface area contributed by atoms with E-state index >= 15 is 0 Å². The monoisotopic (exact) mass is 263 g/mol. The summed E-state index contributed by atoms with van der Waals surface area (Å²) in [6, 6.07) is 6.44. The normalized spacial score (nSPS) is 22.9. The number of aliphatic hydroxyl groups excluding tert-OH is 1. The fourth-order valence-corrected chi connectivity index (χ4v) is 2.78. The molecule has 0 spiro atoms. The van der Waals surface area contributed by atoms with Crippen molar-refractivity contribution in [2.45, 2.75) is 33.2 Å². The smallest absolute Gasteiger partial charge is 0.0536 e. The fourth-order valence-electron chi connectivity index (χ4n) is 2.78. The van der Waals surface area contributed by atoms with Gasteiger partial charge in [0.05, 0.1) is 6.61 Å². The number of rotatable bonds is 6. The Morgan fingerprint density at radius 2 is 2.21 bits per heavy atom. The number of benzene rings is 1. The maximum Gasteiger partial charge on any atom is 0.0536 e. The zero-order valence-corrected chi connectivity index (χ0v) is 12.0. The van der Waals surface area contributed by atoms with Crippen LogP contribution >= 0.6 is 0 Å². The van der Waals surface area contributed by atoms with Crippen LogP contribution in [0.5, 0.6) is 0 Å². The Bertz CT molecular complexity index is 411. The van der Waals surface area contributed by atoms with Crippen LogP contribution in [0, 0.1) is 19.3 Å². The van der Waals surface area contributed by atoms with Crippen molar-refractivity contribution in [2.24, 2.45) is 5.41 Å². The second-order valence-corrected chi connectivity index (χ2v) is 5.74. The van der Waals surface area contributed by atoms with Gasteiger partial charge >= 0.3 is 0 Å². The van der Waals surface area contributed by atoms with Crippen molar-refractivity contribution in [2.75, 3.05) is 26.4 Å². The summed E-state index contributed by atoms with van der Waals surface area (Å²) < 4.78 is 5.51. The zero-order valence-electron chi connectivity index (χ0n) is 12.0. The van der Waals surface area contributed by atoms with Crippen LogP contribution in [0.15, 0.2) is 18.2 Å². The molecule has 3 heteroatoms. The van der Waals surface area contributed by atoms with E-state index in [1.807, 2.05) is 0 Å². The highest BCUT2D eigenvalue weighted by Crippen LogP contribution is 2.31. The molecule has 2 N–H and O–H groups in total. The van der Waals surface area contributed by atoms with Crippen LogP contribution < -0.4 is 5.32 Å². The number of nitrogens with one attached hydrogen (secondary N) is 1. The molecule has 0 amide bonds. The minimum Gasteiger partial charge on any atom is -0.396 e. The Morgan fingerprint density at radius 3 is 2.89 bits per heavy atom. The molecule has 1 unspecified atom stereocenters. The Hall–Kier alpha value is -0.900. The highest BCUT2D eigenvalue weighted by Gasteiger charge is 2.33. The summed E-state index contributed by atoms with van der Waals surface area (Å²) in [7, 11) is 0. The van der Waals surface area contributed by atoms with Gasteiger partial charge in [-0.2, -0.15) is 0 Å². The second-order valence-electron chi connectivity index (χ2n) is 5.74. The van der Waals surface area contributed by atoms with Gasteiger partial charge in [-0.3, -0.25) is 0 Å². The molecule has 1 heterocycles. The molecule has 0 aromatic heterocycles. The molecule has 1 saturated heterocycles.